The van der Waals surface area contributed by atoms with Crippen LogP contribution in [0, 0.1) is 0 Å². The number of hydrogen-bond donors (Lipinski definition) is 1. The Bertz CT molecular complexity index is 1450. The minimum absolute atomic E-state index is 0.172. The number of benzene rings is 2. The van der Waals surface area contributed by atoms with Crippen molar-refractivity contribution in [2.24, 2.45) is 0 Å². The summed E-state index contributed by atoms with van der Waals surface area (Å²) in [5, 5.41) is 4.90. The molecule has 1 fully saturated rings. The first-order chi connectivity index (χ1) is 18.1. The van der Waals surface area contributed by atoms with E-state index in [0.717, 1.165) is 29.3 Å². The second kappa shape index (κ2) is 10.5. The van der Waals surface area contributed by atoms with Crippen LogP contribution in [-0.2, 0) is 19.3 Å². The predicted octanol–water partition coefficient (Wildman–Crippen LogP) is 6.82. The van der Waals surface area contributed by atoms with E-state index in [2.05, 4.69) is 34.5 Å². The Morgan fingerprint density at radius 1 is 0.946 bits per heavy atom. The van der Waals surface area contributed by atoms with Gasteiger partial charge in [-0.2, -0.15) is 0 Å². The van der Waals surface area contributed by atoms with Crippen molar-refractivity contribution in [3.8, 4) is 0 Å². The van der Waals surface area contributed by atoms with Crippen LogP contribution in [0.3, 0.4) is 0 Å². The molecule has 1 aliphatic heterocycles. The van der Waals surface area contributed by atoms with Crippen LogP contribution in [0.25, 0.3) is 10.2 Å². The van der Waals surface area contributed by atoms with Gasteiger partial charge in [-0.1, -0.05) is 59.6 Å². The standard InChI is InChI=1S/C28H27Cl2N5OS/c29-20-10-6-11-21(25(20)30)31-28(36)35-15-13-34(14-16-35)26-24-19-9-4-5-12-22(19)37-27(24)33-23(32-26)17-18-7-2-1-3-8-18/h1-3,6-8,10-11H,4-5,9,12-17H2,(H,31,36). The number of carbonyl (C=O) groups excluding carboxylic acids is 1. The smallest absolute Gasteiger partial charge is 0.322 e. The number of carbonyl (C=O) groups is 1. The highest BCUT2D eigenvalue weighted by Crippen LogP contribution is 2.40. The van der Waals surface area contributed by atoms with E-state index in [1.54, 1.807) is 18.2 Å². The number of rotatable bonds is 4. The zero-order chi connectivity index (χ0) is 25.4. The van der Waals surface area contributed by atoms with E-state index in [4.69, 9.17) is 33.2 Å². The van der Waals surface area contributed by atoms with Crippen molar-refractivity contribution in [3.63, 3.8) is 0 Å². The van der Waals surface area contributed by atoms with Crippen LogP contribution in [0.2, 0.25) is 10.0 Å². The van der Waals surface area contributed by atoms with Crippen molar-refractivity contribution >= 4 is 62.3 Å². The highest BCUT2D eigenvalue weighted by Gasteiger charge is 2.28. The Hall–Kier alpha value is -2.87. The van der Waals surface area contributed by atoms with Gasteiger partial charge >= 0.3 is 6.03 Å². The van der Waals surface area contributed by atoms with E-state index in [1.165, 1.54) is 34.2 Å². The van der Waals surface area contributed by atoms with Gasteiger partial charge in [-0.25, -0.2) is 14.8 Å². The number of halogens is 2. The Morgan fingerprint density at radius 3 is 2.54 bits per heavy atom. The quantitative estimate of drug-likeness (QED) is 0.302. The molecule has 1 aliphatic carbocycles. The normalized spacial score (nSPS) is 15.6. The summed E-state index contributed by atoms with van der Waals surface area (Å²) >= 11 is 14.2. The molecule has 1 saturated heterocycles. The number of hydrogen-bond acceptors (Lipinski definition) is 5. The molecule has 2 aromatic carbocycles. The van der Waals surface area contributed by atoms with E-state index < -0.39 is 0 Å². The lowest BCUT2D eigenvalue weighted by Crippen LogP contribution is -2.50. The highest BCUT2D eigenvalue weighted by molar-refractivity contribution is 7.19. The summed E-state index contributed by atoms with van der Waals surface area (Å²) in [5.74, 6) is 1.87. The molecule has 0 unspecified atom stereocenters. The predicted molar refractivity (Wildman–Crippen MR) is 153 cm³/mol. The minimum atomic E-state index is -0.172. The topological polar surface area (TPSA) is 61.4 Å². The molecule has 0 atom stereocenters. The SMILES string of the molecule is O=C(Nc1cccc(Cl)c1Cl)N1CCN(c2nc(Cc3ccccc3)nc3sc4c(c23)CCCC4)CC1. The number of urea groups is 1. The summed E-state index contributed by atoms with van der Waals surface area (Å²) in [6.45, 7) is 2.60. The number of fused-ring (bicyclic) bond motifs is 3. The molecule has 37 heavy (non-hydrogen) atoms. The number of piperazine rings is 1. The molecule has 6 nitrogen and oxygen atoms in total. The first kappa shape index (κ1) is 24.5. The maximum Gasteiger partial charge on any atom is 0.322 e. The molecule has 0 spiro atoms. The van der Waals surface area contributed by atoms with Crippen LogP contribution in [0.4, 0.5) is 16.3 Å². The van der Waals surface area contributed by atoms with Gasteiger partial charge in [0.25, 0.3) is 0 Å². The molecule has 0 saturated carbocycles. The van der Waals surface area contributed by atoms with Crippen molar-refractivity contribution in [2.75, 3.05) is 36.4 Å². The number of aryl methyl sites for hydroxylation is 2. The van der Waals surface area contributed by atoms with E-state index in [-0.39, 0.29) is 6.03 Å². The molecule has 9 heteroatoms. The summed E-state index contributed by atoms with van der Waals surface area (Å²) in [6, 6.07) is 15.4. The highest BCUT2D eigenvalue weighted by atomic mass is 35.5. The van der Waals surface area contributed by atoms with Gasteiger partial charge < -0.3 is 15.1 Å². The number of thiophene rings is 1. The number of nitrogens with zero attached hydrogens (tertiary/aromatic N) is 4. The van der Waals surface area contributed by atoms with Crippen molar-refractivity contribution in [1.29, 1.82) is 0 Å². The van der Waals surface area contributed by atoms with E-state index in [0.29, 0.717) is 48.3 Å². The fourth-order valence-electron chi connectivity index (χ4n) is 5.18. The Kier molecular flexibility index (Phi) is 6.93. The van der Waals surface area contributed by atoms with Crippen LogP contribution in [-0.4, -0.2) is 47.1 Å². The molecule has 4 aromatic rings. The summed E-state index contributed by atoms with van der Waals surface area (Å²) < 4.78 is 0. The number of nitrogens with one attached hydrogen (secondary N) is 1. The molecule has 2 amide bonds. The van der Waals surface area contributed by atoms with E-state index >= 15 is 0 Å². The van der Waals surface area contributed by atoms with Crippen LogP contribution < -0.4 is 10.2 Å². The molecule has 1 N–H and O–H groups in total. The van der Waals surface area contributed by atoms with Crippen LogP contribution in [0.15, 0.2) is 48.5 Å². The monoisotopic (exact) mass is 551 g/mol. The molecule has 2 aromatic heterocycles. The lowest BCUT2D eigenvalue weighted by molar-refractivity contribution is 0.208. The first-order valence-corrected chi connectivity index (χ1v) is 14.2. The largest absolute Gasteiger partial charge is 0.352 e. The molecule has 3 heterocycles. The van der Waals surface area contributed by atoms with Gasteiger partial charge in [0.05, 0.1) is 21.1 Å². The fraction of sp³-hybridized carbons (Fsp3) is 0.321. The number of amides is 2. The molecule has 2 aliphatic rings. The van der Waals surface area contributed by atoms with Gasteiger partial charge in [0, 0.05) is 37.5 Å². The van der Waals surface area contributed by atoms with Gasteiger partial charge in [0.15, 0.2) is 0 Å². The van der Waals surface area contributed by atoms with Crippen LogP contribution in [0.5, 0.6) is 0 Å². The average molecular weight is 553 g/mol. The van der Waals surface area contributed by atoms with Crippen molar-refractivity contribution in [2.45, 2.75) is 32.1 Å². The van der Waals surface area contributed by atoms with Crippen LogP contribution >= 0.6 is 34.5 Å². The maximum atomic E-state index is 13.0. The lowest BCUT2D eigenvalue weighted by Gasteiger charge is -2.36. The second-order valence-electron chi connectivity index (χ2n) is 9.52. The maximum absolute atomic E-state index is 13.0. The van der Waals surface area contributed by atoms with Crippen molar-refractivity contribution < 1.29 is 4.79 Å². The number of aromatic nitrogens is 2. The molecule has 0 bridgehead atoms. The summed E-state index contributed by atoms with van der Waals surface area (Å²) in [5.41, 5.74) is 3.16. The van der Waals surface area contributed by atoms with Crippen molar-refractivity contribution in [3.05, 3.63) is 80.4 Å². The zero-order valence-corrected chi connectivity index (χ0v) is 22.7. The molecule has 0 radical (unpaired) electrons. The zero-order valence-electron chi connectivity index (χ0n) is 20.3. The van der Waals surface area contributed by atoms with Gasteiger partial charge in [-0.3, -0.25) is 0 Å². The molecule has 190 valence electrons. The number of anilines is 2. The summed E-state index contributed by atoms with van der Waals surface area (Å²) in [4.78, 5) is 29.8. The van der Waals surface area contributed by atoms with Gasteiger partial charge in [-0.15, -0.1) is 11.3 Å². The first-order valence-electron chi connectivity index (χ1n) is 12.7. The van der Waals surface area contributed by atoms with Gasteiger partial charge in [-0.05, 0) is 48.9 Å². The second-order valence-corrected chi connectivity index (χ2v) is 11.4. The Labute approximate surface area is 230 Å². The fourth-order valence-corrected chi connectivity index (χ4v) is 6.81. The van der Waals surface area contributed by atoms with E-state index in [1.807, 2.05) is 22.3 Å². The molecular weight excluding hydrogens is 525 g/mol. The average Bonchev–Trinajstić information content (AvgIpc) is 3.30. The van der Waals surface area contributed by atoms with E-state index in [9.17, 15) is 4.79 Å². The van der Waals surface area contributed by atoms with Gasteiger partial charge in [0.1, 0.15) is 16.5 Å². The third-order valence-electron chi connectivity index (χ3n) is 7.11. The Morgan fingerprint density at radius 2 is 1.73 bits per heavy atom. The van der Waals surface area contributed by atoms with Crippen LogP contribution in [0.1, 0.15) is 34.7 Å². The van der Waals surface area contributed by atoms with Gasteiger partial charge in [0.2, 0.25) is 0 Å². The van der Waals surface area contributed by atoms with Crippen molar-refractivity contribution in [1.82, 2.24) is 14.9 Å². The molecule has 6 rings (SSSR count). The third kappa shape index (κ3) is 5.00. The minimum Gasteiger partial charge on any atom is -0.352 e. The lowest BCUT2D eigenvalue weighted by atomic mass is 9.96. The Balaban J connectivity index is 1.25. The summed E-state index contributed by atoms with van der Waals surface area (Å²) in [6.07, 6.45) is 5.37. The molecular formula is C28H27Cl2N5OS. The third-order valence-corrected chi connectivity index (χ3v) is 9.11. The summed E-state index contributed by atoms with van der Waals surface area (Å²) in [7, 11) is 0.